The summed E-state index contributed by atoms with van der Waals surface area (Å²) in [6.07, 6.45) is -0.482. The van der Waals surface area contributed by atoms with Crippen LogP contribution in [-0.4, -0.2) is 17.8 Å². The lowest BCUT2D eigenvalue weighted by Gasteiger charge is -2.15. The first kappa shape index (κ1) is 12.5. The van der Waals surface area contributed by atoms with E-state index in [2.05, 4.69) is 15.9 Å². The summed E-state index contributed by atoms with van der Waals surface area (Å²) in [7, 11) is 0. The van der Waals surface area contributed by atoms with Crippen LogP contribution in [0.15, 0.2) is 22.7 Å². The van der Waals surface area contributed by atoms with Gasteiger partial charge in [-0.05, 0) is 26.0 Å². The molecule has 4 heteroatoms. The highest BCUT2D eigenvalue weighted by molar-refractivity contribution is 9.10. The summed E-state index contributed by atoms with van der Waals surface area (Å²) in [5.41, 5.74) is 6.76. The molecule has 0 saturated heterocycles. The minimum atomic E-state index is -0.482. The van der Waals surface area contributed by atoms with E-state index in [9.17, 15) is 0 Å². The standard InChI is InChI=1S/C11H16BrNO2/c1-7(14)6-15-11-5-9(12)3-4-10(11)8(2)13/h3-5,7-8,14H,6,13H2,1-2H3/t7?,8-/m0/s1. The van der Waals surface area contributed by atoms with Crippen LogP contribution >= 0.6 is 15.9 Å². The van der Waals surface area contributed by atoms with E-state index in [0.717, 1.165) is 15.8 Å². The smallest absolute Gasteiger partial charge is 0.125 e. The number of aliphatic hydroxyl groups is 1. The van der Waals surface area contributed by atoms with Crippen LogP contribution in [0.25, 0.3) is 0 Å². The van der Waals surface area contributed by atoms with Crippen LogP contribution in [0.3, 0.4) is 0 Å². The molecule has 1 aromatic rings. The summed E-state index contributed by atoms with van der Waals surface area (Å²) in [5.74, 6) is 0.722. The van der Waals surface area contributed by atoms with Crippen molar-refractivity contribution in [3.05, 3.63) is 28.2 Å². The molecule has 3 N–H and O–H groups in total. The van der Waals surface area contributed by atoms with E-state index >= 15 is 0 Å². The van der Waals surface area contributed by atoms with Crippen molar-refractivity contribution in [2.24, 2.45) is 5.73 Å². The summed E-state index contributed by atoms with van der Waals surface area (Å²) < 4.78 is 6.42. The second-order valence-corrected chi connectivity index (χ2v) is 4.55. The average molecular weight is 274 g/mol. The molecule has 1 rings (SSSR count). The summed E-state index contributed by atoms with van der Waals surface area (Å²) in [5, 5.41) is 9.14. The number of aliphatic hydroxyl groups excluding tert-OH is 1. The Morgan fingerprint density at radius 2 is 2.13 bits per heavy atom. The van der Waals surface area contributed by atoms with Gasteiger partial charge in [0.05, 0.1) is 6.10 Å². The molecular formula is C11H16BrNO2. The second kappa shape index (κ2) is 5.49. The zero-order valence-electron chi connectivity index (χ0n) is 8.90. The third-order valence-electron chi connectivity index (χ3n) is 1.95. The van der Waals surface area contributed by atoms with Crippen molar-refractivity contribution >= 4 is 15.9 Å². The number of hydrogen-bond acceptors (Lipinski definition) is 3. The van der Waals surface area contributed by atoms with Crippen LogP contribution in [0.5, 0.6) is 5.75 Å². The Morgan fingerprint density at radius 3 is 2.67 bits per heavy atom. The van der Waals surface area contributed by atoms with Crippen molar-refractivity contribution in [3.8, 4) is 5.75 Å². The molecule has 0 saturated carbocycles. The highest BCUT2D eigenvalue weighted by Gasteiger charge is 2.09. The predicted octanol–water partition coefficient (Wildman–Crippen LogP) is 2.23. The minimum absolute atomic E-state index is 0.0814. The third kappa shape index (κ3) is 3.81. The fourth-order valence-corrected chi connectivity index (χ4v) is 1.56. The maximum Gasteiger partial charge on any atom is 0.125 e. The summed E-state index contributed by atoms with van der Waals surface area (Å²) in [4.78, 5) is 0. The van der Waals surface area contributed by atoms with Gasteiger partial charge in [-0.3, -0.25) is 0 Å². The molecule has 1 aromatic carbocycles. The highest BCUT2D eigenvalue weighted by Crippen LogP contribution is 2.27. The number of halogens is 1. The Bertz CT molecular complexity index is 326. The molecular weight excluding hydrogens is 258 g/mol. The van der Waals surface area contributed by atoms with Gasteiger partial charge in [-0.25, -0.2) is 0 Å². The molecule has 0 radical (unpaired) electrons. The Hall–Kier alpha value is -0.580. The maximum atomic E-state index is 9.14. The van der Waals surface area contributed by atoms with Gasteiger partial charge in [0, 0.05) is 16.1 Å². The fraction of sp³-hybridized carbons (Fsp3) is 0.455. The van der Waals surface area contributed by atoms with E-state index in [1.807, 2.05) is 25.1 Å². The molecule has 0 spiro atoms. The molecule has 0 aromatic heterocycles. The first-order chi connectivity index (χ1) is 7.00. The van der Waals surface area contributed by atoms with E-state index in [-0.39, 0.29) is 12.6 Å². The second-order valence-electron chi connectivity index (χ2n) is 3.63. The maximum absolute atomic E-state index is 9.14. The van der Waals surface area contributed by atoms with E-state index < -0.39 is 6.10 Å². The summed E-state index contributed by atoms with van der Waals surface area (Å²) >= 11 is 3.37. The number of rotatable bonds is 4. The van der Waals surface area contributed by atoms with Gasteiger partial charge in [0.2, 0.25) is 0 Å². The van der Waals surface area contributed by atoms with Crippen molar-refractivity contribution < 1.29 is 9.84 Å². The van der Waals surface area contributed by atoms with Crippen molar-refractivity contribution in [3.63, 3.8) is 0 Å². The number of nitrogens with two attached hydrogens (primary N) is 1. The minimum Gasteiger partial charge on any atom is -0.491 e. The van der Waals surface area contributed by atoms with E-state index in [0.29, 0.717) is 0 Å². The monoisotopic (exact) mass is 273 g/mol. The molecule has 0 amide bonds. The van der Waals surface area contributed by atoms with Crippen molar-refractivity contribution in [2.45, 2.75) is 26.0 Å². The number of ether oxygens (including phenoxy) is 1. The molecule has 15 heavy (non-hydrogen) atoms. The Morgan fingerprint density at radius 1 is 1.47 bits per heavy atom. The summed E-state index contributed by atoms with van der Waals surface area (Å²) in [6.45, 7) is 3.86. The van der Waals surface area contributed by atoms with Gasteiger partial charge < -0.3 is 15.6 Å². The zero-order chi connectivity index (χ0) is 11.4. The van der Waals surface area contributed by atoms with Gasteiger partial charge in [0.1, 0.15) is 12.4 Å². The van der Waals surface area contributed by atoms with Crippen molar-refractivity contribution in [1.29, 1.82) is 0 Å². The van der Waals surface area contributed by atoms with Crippen LogP contribution in [-0.2, 0) is 0 Å². The zero-order valence-corrected chi connectivity index (χ0v) is 10.5. The molecule has 0 heterocycles. The Balaban J connectivity index is 2.87. The molecule has 0 aliphatic carbocycles. The van der Waals surface area contributed by atoms with Crippen LogP contribution in [0, 0.1) is 0 Å². The average Bonchev–Trinajstić information content (AvgIpc) is 2.14. The molecule has 0 bridgehead atoms. The lowest BCUT2D eigenvalue weighted by Crippen LogP contribution is -2.15. The van der Waals surface area contributed by atoms with E-state index in [4.69, 9.17) is 15.6 Å². The van der Waals surface area contributed by atoms with E-state index in [1.165, 1.54) is 0 Å². The normalized spacial score (nSPS) is 14.7. The topological polar surface area (TPSA) is 55.5 Å². The molecule has 0 fully saturated rings. The molecule has 0 aliphatic rings. The molecule has 1 unspecified atom stereocenters. The Kier molecular flexibility index (Phi) is 4.57. The first-order valence-electron chi connectivity index (χ1n) is 4.86. The lowest BCUT2D eigenvalue weighted by molar-refractivity contribution is 0.122. The first-order valence-corrected chi connectivity index (χ1v) is 5.66. The van der Waals surface area contributed by atoms with Crippen LogP contribution in [0.4, 0.5) is 0 Å². The molecule has 2 atom stereocenters. The third-order valence-corrected chi connectivity index (χ3v) is 2.44. The molecule has 84 valence electrons. The van der Waals surface area contributed by atoms with Gasteiger partial charge >= 0.3 is 0 Å². The largest absolute Gasteiger partial charge is 0.491 e. The fourth-order valence-electron chi connectivity index (χ4n) is 1.22. The highest BCUT2D eigenvalue weighted by atomic mass is 79.9. The van der Waals surface area contributed by atoms with Crippen LogP contribution in [0.1, 0.15) is 25.5 Å². The van der Waals surface area contributed by atoms with Gasteiger partial charge in [-0.15, -0.1) is 0 Å². The molecule has 3 nitrogen and oxygen atoms in total. The van der Waals surface area contributed by atoms with Crippen LogP contribution < -0.4 is 10.5 Å². The van der Waals surface area contributed by atoms with Gasteiger partial charge in [-0.2, -0.15) is 0 Å². The number of hydrogen-bond donors (Lipinski definition) is 2. The van der Waals surface area contributed by atoms with Crippen molar-refractivity contribution in [1.82, 2.24) is 0 Å². The van der Waals surface area contributed by atoms with Crippen LogP contribution in [0.2, 0.25) is 0 Å². The van der Waals surface area contributed by atoms with Gasteiger partial charge in [-0.1, -0.05) is 22.0 Å². The Labute approximate surface area is 98.4 Å². The van der Waals surface area contributed by atoms with E-state index in [1.54, 1.807) is 6.92 Å². The summed E-state index contributed by atoms with van der Waals surface area (Å²) in [6, 6.07) is 5.63. The van der Waals surface area contributed by atoms with Crippen molar-refractivity contribution in [2.75, 3.05) is 6.61 Å². The SMILES string of the molecule is CC(O)COc1cc(Br)ccc1[C@H](C)N. The van der Waals surface area contributed by atoms with Gasteiger partial charge in [0.15, 0.2) is 0 Å². The molecule has 0 aliphatic heterocycles. The number of benzene rings is 1. The van der Waals surface area contributed by atoms with Gasteiger partial charge in [0.25, 0.3) is 0 Å². The lowest BCUT2D eigenvalue weighted by atomic mass is 10.1. The predicted molar refractivity (Wildman–Crippen MR) is 63.9 cm³/mol. The quantitative estimate of drug-likeness (QED) is 0.885.